The lowest BCUT2D eigenvalue weighted by molar-refractivity contribution is 0.280. The average Bonchev–Trinajstić information content (AvgIpc) is 2.54. The molecule has 0 aromatic heterocycles. The van der Waals surface area contributed by atoms with E-state index in [1.54, 1.807) is 30.3 Å². The van der Waals surface area contributed by atoms with E-state index in [-0.39, 0.29) is 11.5 Å². The van der Waals surface area contributed by atoms with E-state index in [9.17, 15) is 13.5 Å². The van der Waals surface area contributed by atoms with Crippen molar-refractivity contribution in [2.75, 3.05) is 4.72 Å². The normalized spacial score (nSPS) is 11.5. The zero-order chi connectivity index (χ0) is 15.6. The molecule has 0 unspecified atom stereocenters. The molecule has 3 aromatic carbocycles. The van der Waals surface area contributed by atoms with Gasteiger partial charge in [0, 0.05) is 11.3 Å². The van der Waals surface area contributed by atoms with Gasteiger partial charge in [0.05, 0.1) is 11.5 Å². The van der Waals surface area contributed by atoms with Gasteiger partial charge in [-0.15, -0.1) is 0 Å². The van der Waals surface area contributed by atoms with Crippen molar-refractivity contribution in [1.29, 1.82) is 0 Å². The Morgan fingerprint density at radius 1 is 0.864 bits per heavy atom. The van der Waals surface area contributed by atoms with Crippen molar-refractivity contribution < 1.29 is 13.5 Å². The van der Waals surface area contributed by atoms with Gasteiger partial charge in [0.25, 0.3) is 10.0 Å². The maximum atomic E-state index is 12.6. The quantitative estimate of drug-likeness (QED) is 0.777. The first-order valence-electron chi connectivity index (χ1n) is 6.81. The number of anilines is 1. The Kier molecular flexibility index (Phi) is 3.83. The Morgan fingerprint density at radius 2 is 1.55 bits per heavy atom. The van der Waals surface area contributed by atoms with Crippen LogP contribution in [-0.4, -0.2) is 13.5 Å². The lowest BCUT2D eigenvalue weighted by atomic mass is 10.1. The molecule has 0 aliphatic heterocycles. The molecule has 0 fully saturated rings. The van der Waals surface area contributed by atoms with Crippen molar-refractivity contribution in [2.45, 2.75) is 11.5 Å². The molecular weight excluding hydrogens is 298 g/mol. The standard InChI is InChI=1S/C17H15NO3S/c19-12-16-15-9-5-4-6-13(15)10-11-17(16)22(20,21)18-14-7-2-1-3-8-14/h1-11,18-19H,12H2. The third kappa shape index (κ3) is 2.68. The Balaban J connectivity index is 2.12. The molecule has 0 aliphatic rings. The van der Waals surface area contributed by atoms with Crippen LogP contribution in [0.15, 0.2) is 71.6 Å². The summed E-state index contributed by atoms with van der Waals surface area (Å²) in [4.78, 5) is 0.0950. The molecule has 0 saturated heterocycles. The molecule has 0 radical (unpaired) electrons. The van der Waals surface area contributed by atoms with E-state index < -0.39 is 10.0 Å². The van der Waals surface area contributed by atoms with E-state index in [2.05, 4.69) is 4.72 Å². The molecule has 0 bridgehead atoms. The van der Waals surface area contributed by atoms with Crippen LogP contribution in [0.1, 0.15) is 5.56 Å². The molecule has 112 valence electrons. The molecule has 4 nitrogen and oxygen atoms in total. The number of nitrogens with one attached hydrogen (secondary N) is 1. The van der Waals surface area contributed by atoms with Crippen molar-refractivity contribution in [3.8, 4) is 0 Å². The van der Waals surface area contributed by atoms with Crippen LogP contribution in [-0.2, 0) is 16.6 Å². The second-order valence-corrected chi connectivity index (χ2v) is 6.54. The summed E-state index contributed by atoms with van der Waals surface area (Å²) >= 11 is 0. The smallest absolute Gasteiger partial charge is 0.262 e. The van der Waals surface area contributed by atoms with Gasteiger partial charge in [-0.2, -0.15) is 0 Å². The predicted molar refractivity (Wildman–Crippen MR) is 87.1 cm³/mol. The molecule has 3 rings (SSSR count). The third-order valence-corrected chi connectivity index (χ3v) is 4.94. The summed E-state index contributed by atoms with van der Waals surface area (Å²) in [5.74, 6) is 0. The molecule has 0 heterocycles. The van der Waals surface area contributed by atoms with Crippen LogP contribution >= 0.6 is 0 Å². The molecule has 22 heavy (non-hydrogen) atoms. The van der Waals surface area contributed by atoms with Crippen LogP contribution in [0.4, 0.5) is 5.69 Å². The first-order valence-corrected chi connectivity index (χ1v) is 8.29. The summed E-state index contributed by atoms with van der Waals surface area (Å²) in [5.41, 5.74) is 0.890. The van der Waals surface area contributed by atoms with Gasteiger partial charge in [-0.1, -0.05) is 48.5 Å². The van der Waals surface area contributed by atoms with Gasteiger partial charge in [-0.05, 0) is 29.0 Å². The summed E-state index contributed by atoms with van der Waals surface area (Å²) < 4.78 is 27.7. The highest BCUT2D eigenvalue weighted by molar-refractivity contribution is 7.92. The van der Waals surface area contributed by atoms with Crippen molar-refractivity contribution in [3.05, 3.63) is 72.3 Å². The molecule has 0 atom stereocenters. The Bertz CT molecular complexity index is 906. The fourth-order valence-electron chi connectivity index (χ4n) is 2.45. The van der Waals surface area contributed by atoms with Crippen molar-refractivity contribution in [1.82, 2.24) is 0 Å². The SMILES string of the molecule is O=S(=O)(Nc1ccccc1)c1ccc2ccccc2c1CO. The molecule has 3 aromatic rings. The topological polar surface area (TPSA) is 66.4 Å². The van der Waals surface area contributed by atoms with Crippen molar-refractivity contribution in [3.63, 3.8) is 0 Å². The number of aliphatic hydroxyl groups is 1. The Hall–Kier alpha value is -2.37. The van der Waals surface area contributed by atoms with Crippen LogP contribution in [0.3, 0.4) is 0 Å². The second kappa shape index (κ2) is 5.79. The van der Waals surface area contributed by atoms with Crippen LogP contribution in [0.25, 0.3) is 10.8 Å². The third-order valence-electron chi connectivity index (χ3n) is 3.47. The summed E-state index contributed by atoms with van der Waals surface area (Å²) in [6, 6.07) is 19.3. The minimum absolute atomic E-state index is 0.0950. The molecule has 2 N–H and O–H groups in total. The molecule has 0 amide bonds. The summed E-state index contributed by atoms with van der Waals surface area (Å²) in [6.07, 6.45) is 0. The Morgan fingerprint density at radius 3 is 2.27 bits per heavy atom. The average molecular weight is 313 g/mol. The summed E-state index contributed by atoms with van der Waals surface area (Å²) in [7, 11) is -3.76. The van der Waals surface area contributed by atoms with Crippen LogP contribution in [0.5, 0.6) is 0 Å². The van der Waals surface area contributed by atoms with Crippen LogP contribution in [0.2, 0.25) is 0 Å². The second-order valence-electron chi connectivity index (χ2n) is 4.89. The van der Waals surface area contributed by atoms with Gasteiger partial charge in [0.2, 0.25) is 0 Å². The number of hydrogen-bond donors (Lipinski definition) is 2. The number of aliphatic hydroxyl groups excluding tert-OH is 1. The van der Waals surface area contributed by atoms with E-state index in [1.807, 2.05) is 30.3 Å². The lowest BCUT2D eigenvalue weighted by Crippen LogP contribution is -2.15. The number of hydrogen-bond acceptors (Lipinski definition) is 3. The fourth-order valence-corrected chi connectivity index (χ4v) is 3.75. The zero-order valence-electron chi connectivity index (χ0n) is 11.7. The van der Waals surface area contributed by atoms with Gasteiger partial charge in [0.15, 0.2) is 0 Å². The van der Waals surface area contributed by atoms with Gasteiger partial charge < -0.3 is 5.11 Å². The highest BCUT2D eigenvalue weighted by Crippen LogP contribution is 2.27. The van der Waals surface area contributed by atoms with Crippen molar-refractivity contribution in [2.24, 2.45) is 0 Å². The first-order chi connectivity index (χ1) is 10.6. The van der Waals surface area contributed by atoms with E-state index in [0.717, 1.165) is 10.8 Å². The minimum atomic E-state index is -3.76. The molecule has 5 heteroatoms. The van der Waals surface area contributed by atoms with E-state index in [4.69, 9.17) is 0 Å². The highest BCUT2D eigenvalue weighted by Gasteiger charge is 2.20. The largest absolute Gasteiger partial charge is 0.392 e. The fraction of sp³-hybridized carbons (Fsp3) is 0.0588. The predicted octanol–water partition coefficient (Wildman–Crippen LogP) is 3.13. The number of rotatable bonds is 4. The van der Waals surface area contributed by atoms with E-state index in [0.29, 0.717) is 11.3 Å². The Labute approximate surface area is 129 Å². The monoisotopic (exact) mass is 313 g/mol. The van der Waals surface area contributed by atoms with Crippen molar-refractivity contribution >= 4 is 26.5 Å². The summed E-state index contributed by atoms with van der Waals surface area (Å²) in [5, 5.41) is 11.3. The number of benzene rings is 3. The lowest BCUT2D eigenvalue weighted by Gasteiger charge is -2.13. The van der Waals surface area contributed by atoms with Gasteiger partial charge in [0.1, 0.15) is 0 Å². The van der Waals surface area contributed by atoms with Crippen LogP contribution < -0.4 is 4.72 Å². The van der Waals surface area contributed by atoms with Gasteiger partial charge in [-0.3, -0.25) is 4.72 Å². The molecule has 0 aliphatic carbocycles. The number of fused-ring (bicyclic) bond motifs is 1. The van der Waals surface area contributed by atoms with E-state index in [1.165, 1.54) is 6.07 Å². The first kappa shape index (κ1) is 14.6. The highest BCUT2D eigenvalue weighted by atomic mass is 32.2. The van der Waals surface area contributed by atoms with Gasteiger partial charge in [-0.25, -0.2) is 8.42 Å². The molecule has 0 spiro atoms. The minimum Gasteiger partial charge on any atom is -0.392 e. The maximum Gasteiger partial charge on any atom is 0.262 e. The number of sulfonamides is 1. The van der Waals surface area contributed by atoms with Gasteiger partial charge >= 0.3 is 0 Å². The zero-order valence-corrected chi connectivity index (χ0v) is 12.5. The number of para-hydroxylation sites is 1. The maximum absolute atomic E-state index is 12.6. The molecular formula is C17H15NO3S. The van der Waals surface area contributed by atoms with Crippen LogP contribution in [0, 0.1) is 0 Å². The van der Waals surface area contributed by atoms with E-state index >= 15 is 0 Å². The summed E-state index contributed by atoms with van der Waals surface area (Å²) in [6.45, 7) is -0.341. The molecule has 0 saturated carbocycles.